The SMILES string of the molecule is CC/C(=C\c1ccccc1)c1ccnc2c1c1cc(-c3ccc(N4CCN(C)CC4)cc3)ccc1n2S(=O)(=O)c1ccccc1. The van der Waals surface area contributed by atoms with Gasteiger partial charge in [-0.25, -0.2) is 17.4 Å². The Morgan fingerprint density at radius 2 is 1.47 bits per heavy atom. The van der Waals surface area contributed by atoms with Crippen LogP contribution < -0.4 is 4.90 Å². The van der Waals surface area contributed by atoms with Gasteiger partial charge in [0.25, 0.3) is 10.0 Å². The highest BCUT2D eigenvalue weighted by Gasteiger charge is 2.26. The van der Waals surface area contributed by atoms with Gasteiger partial charge in [0, 0.05) is 48.8 Å². The van der Waals surface area contributed by atoms with E-state index in [1.54, 1.807) is 30.5 Å². The molecule has 2 aromatic heterocycles. The molecule has 7 heteroatoms. The summed E-state index contributed by atoms with van der Waals surface area (Å²) >= 11 is 0. The Kier molecular flexibility index (Phi) is 7.73. The zero-order valence-corrected chi connectivity index (χ0v) is 26.4. The van der Waals surface area contributed by atoms with Crippen molar-refractivity contribution in [2.75, 3.05) is 38.1 Å². The molecule has 1 aliphatic rings. The lowest BCUT2D eigenvalue weighted by Crippen LogP contribution is -2.44. The third-order valence-corrected chi connectivity index (χ3v) is 10.5. The third kappa shape index (κ3) is 5.43. The van der Waals surface area contributed by atoms with Crippen molar-refractivity contribution >= 4 is 49.3 Å². The fourth-order valence-electron chi connectivity index (χ4n) is 6.34. The molecule has 226 valence electrons. The number of aromatic nitrogens is 2. The smallest absolute Gasteiger partial charge is 0.269 e. The van der Waals surface area contributed by atoms with E-state index in [-0.39, 0.29) is 4.90 Å². The van der Waals surface area contributed by atoms with Crippen LogP contribution in [-0.2, 0) is 10.0 Å². The summed E-state index contributed by atoms with van der Waals surface area (Å²) in [5.74, 6) is 0. The van der Waals surface area contributed by atoms with Gasteiger partial charge in [-0.2, -0.15) is 0 Å². The largest absolute Gasteiger partial charge is 0.369 e. The molecule has 0 amide bonds. The molecule has 0 bridgehead atoms. The van der Waals surface area contributed by atoms with Crippen LogP contribution in [0.5, 0.6) is 0 Å². The molecular weight excluding hydrogens is 577 g/mol. The zero-order valence-electron chi connectivity index (χ0n) is 25.6. The first kappa shape index (κ1) is 29.0. The van der Waals surface area contributed by atoms with Gasteiger partial charge in [-0.05, 0) is 83.8 Å². The van der Waals surface area contributed by atoms with Crippen molar-refractivity contribution in [1.82, 2.24) is 13.9 Å². The molecule has 0 saturated carbocycles. The topological polar surface area (TPSA) is 58.4 Å². The van der Waals surface area contributed by atoms with Crippen LogP contribution in [0.25, 0.3) is 44.7 Å². The minimum Gasteiger partial charge on any atom is -0.369 e. The lowest BCUT2D eigenvalue weighted by atomic mass is 9.96. The molecule has 3 heterocycles. The van der Waals surface area contributed by atoms with Crippen molar-refractivity contribution in [2.24, 2.45) is 0 Å². The Bertz CT molecular complexity index is 2110. The van der Waals surface area contributed by atoms with Crippen molar-refractivity contribution in [1.29, 1.82) is 0 Å². The van der Waals surface area contributed by atoms with Crippen LogP contribution >= 0.6 is 0 Å². The number of rotatable bonds is 7. The van der Waals surface area contributed by atoms with Crippen LogP contribution in [0, 0.1) is 0 Å². The van der Waals surface area contributed by atoms with Crippen LogP contribution in [-0.4, -0.2) is 55.5 Å². The summed E-state index contributed by atoms with van der Waals surface area (Å²) in [6, 6.07) is 35.6. The standard InChI is InChI=1S/C38H36N4O2S/c1-3-29(26-28-10-6-4-7-11-28)34-20-21-39-38-37(34)35-27-31(30-14-17-32(18-15-30)41-24-22-40(2)23-25-41)16-19-36(35)42(38)45(43,44)33-12-8-5-9-13-33/h4-21,26-27H,3,22-25H2,1-2H3/b29-26+. The van der Waals surface area contributed by atoms with E-state index >= 15 is 0 Å². The highest BCUT2D eigenvalue weighted by atomic mass is 32.2. The minimum absolute atomic E-state index is 0.232. The van der Waals surface area contributed by atoms with E-state index in [0.717, 1.165) is 71.2 Å². The predicted octanol–water partition coefficient (Wildman–Crippen LogP) is 7.80. The Labute approximate surface area is 264 Å². The normalized spacial score (nSPS) is 14.8. The molecular formula is C38H36N4O2S. The molecule has 0 aliphatic carbocycles. The summed E-state index contributed by atoms with van der Waals surface area (Å²) in [6.07, 6.45) is 4.68. The number of hydrogen-bond donors (Lipinski definition) is 0. The molecule has 6 nitrogen and oxygen atoms in total. The Hall–Kier alpha value is -4.72. The van der Waals surface area contributed by atoms with E-state index in [9.17, 15) is 8.42 Å². The molecule has 1 fully saturated rings. The van der Waals surface area contributed by atoms with Gasteiger partial charge in [0.05, 0.1) is 10.4 Å². The Morgan fingerprint density at radius 1 is 0.800 bits per heavy atom. The molecule has 4 aromatic carbocycles. The number of benzene rings is 4. The molecule has 0 unspecified atom stereocenters. The zero-order chi connectivity index (χ0) is 31.0. The van der Waals surface area contributed by atoms with Crippen molar-refractivity contribution in [3.8, 4) is 11.1 Å². The van der Waals surface area contributed by atoms with Gasteiger partial charge in [-0.15, -0.1) is 0 Å². The third-order valence-electron chi connectivity index (χ3n) is 8.83. The van der Waals surface area contributed by atoms with E-state index in [1.165, 1.54) is 9.66 Å². The second-order valence-corrected chi connectivity index (χ2v) is 13.4. The maximum absolute atomic E-state index is 14.2. The van der Waals surface area contributed by atoms with Crippen LogP contribution in [0.2, 0.25) is 0 Å². The van der Waals surface area contributed by atoms with Crippen LogP contribution in [0.4, 0.5) is 5.69 Å². The van der Waals surface area contributed by atoms with E-state index < -0.39 is 10.0 Å². The lowest BCUT2D eigenvalue weighted by molar-refractivity contribution is 0.313. The molecule has 0 radical (unpaired) electrons. The molecule has 0 N–H and O–H groups in total. The first-order chi connectivity index (χ1) is 21.9. The van der Waals surface area contributed by atoms with Gasteiger partial charge < -0.3 is 9.80 Å². The van der Waals surface area contributed by atoms with Crippen molar-refractivity contribution in [2.45, 2.75) is 18.2 Å². The van der Waals surface area contributed by atoms with Crippen molar-refractivity contribution < 1.29 is 8.42 Å². The molecule has 6 aromatic rings. The van der Waals surface area contributed by atoms with Gasteiger partial charge in [-0.3, -0.25) is 0 Å². The second-order valence-electron chi connectivity index (χ2n) is 11.6. The maximum atomic E-state index is 14.2. The van der Waals surface area contributed by atoms with Gasteiger partial charge in [0.15, 0.2) is 5.65 Å². The minimum atomic E-state index is -3.93. The number of likely N-dealkylation sites (N-methyl/N-ethyl adjacent to an activating group) is 1. The summed E-state index contributed by atoms with van der Waals surface area (Å²) in [5.41, 5.74) is 7.59. The number of hydrogen-bond acceptors (Lipinski definition) is 5. The Balaban J connectivity index is 1.42. The fourth-order valence-corrected chi connectivity index (χ4v) is 7.83. The number of anilines is 1. The monoisotopic (exact) mass is 612 g/mol. The van der Waals surface area contributed by atoms with Crippen LogP contribution in [0.3, 0.4) is 0 Å². The van der Waals surface area contributed by atoms with Gasteiger partial charge in [0.1, 0.15) is 0 Å². The summed E-state index contributed by atoms with van der Waals surface area (Å²) in [6.45, 7) is 6.28. The molecule has 1 saturated heterocycles. The van der Waals surface area contributed by atoms with E-state index in [4.69, 9.17) is 4.98 Å². The highest BCUT2D eigenvalue weighted by Crippen LogP contribution is 2.39. The van der Waals surface area contributed by atoms with Crippen LogP contribution in [0.1, 0.15) is 24.5 Å². The van der Waals surface area contributed by atoms with E-state index in [0.29, 0.717) is 11.2 Å². The first-order valence-corrected chi connectivity index (χ1v) is 16.9. The number of nitrogens with zero attached hydrogens (tertiary/aromatic N) is 4. The number of allylic oxidation sites excluding steroid dienone is 1. The van der Waals surface area contributed by atoms with Gasteiger partial charge in [0.2, 0.25) is 0 Å². The van der Waals surface area contributed by atoms with Crippen molar-refractivity contribution in [3.63, 3.8) is 0 Å². The summed E-state index contributed by atoms with van der Waals surface area (Å²) in [5, 5.41) is 1.70. The molecule has 7 rings (SSSR count). The van der Waals surface area contributed by atoms with Gasteiger partial charge >= 0.3 is 0 Å². The average Bonchev–Trinajstić information content (AvgIpc) is 3.43. The molecule has 0 spiro atoms. The van der Waals surface area contributed by atoms with Crippen molar-refractivity contribution in [3.05, 3.63) is 127 Å². The van der Waals surface area contributed by atoms with E-state index in [2.05, 4.69) is 72.3 Å². The van der Waals surface area contributed by atoms with E-state index in [1.807, 2.05) is 42.5 Å². The maximum Gasteiger partial charge on any atom is 0.269 e. The van der Waals surface area contributed by atoms with Gasteiger partial charge in [-0.1, -0.05) is 79.7 Å². The lowest BCUT2D eigenvalue weighted by Gasteiger charge is -2.34. The molecule has 45 heavy (non-hydrogen) atoms. The number of piperazine rings is 1. The number of fused-ring (bicyclic) bond motifs is 3. The molecule has 1 aliphatic heterocycles. The predicted molar refractivity (Wildman–Crippen MR) is 186 cm³/mol. The number of pyridine rings is 1. The average molecular weight is 613 g/mol. The molecule has 0 atom stereocenters. The quantitative estimate of drug-likeness (QED) is 0.184. The first-order valence-electron chi connectivity index (χ1n) is 15.5. The van der Waals surface area contributed by atoms with Crippen LogP contribution in [0.15, 0.2) is 120 Å². The Morgan fingerprint density at radius 3 is 2.16 bits per heavy atom. The highest BCUT2D eigenvalue weighted by molar-refractivity contribution is 7.90. The second kappa shape index (κ2) is 12.0. The summed E-state index contributed by atoms with van der Waals surface area (Å²) in [4.78, 5) is 9.73. The summed E-state index contributed by atoms with van der Waals surface area (Å²) in [7, 11) is -1.76. The fraction of sp³-hybridized carbons (Fsp3) is 0.184. The summed E-state index contributed by atoms with van der Waals surface area (Å²) < 4.78 is 29.9.